The SMILES string of the molecule is NC1CCCC1C(=O)Nc1ccc2ncccc2c1. The van der Waals surface area contributed by atoms with E-state index in [0.717, 1.165) is 35.9 Å². The first-order valence-electron chi connectivity index (χ1n) is 6.65. The van der Waals surface area contributed by atoms with Gasteiger partial charge in [-0.2, -0.15) is 0 Å². The van der Waals surface area contributed by atoms with E-state index in [1.54, 1.807) is 6.20 Å². The number of fused-ring (bicyclic) bond motifs is 1. The molecule has 1 aliphatic carbocycles. The molecule has 1 fully saturated rings. The second-order valence-corrected chi connectivity index (χ2v) is 5.10. The summed E-state index contributed by atoms with van der Waals surface area (Å²) in [6.07, 6.45) is 4.64. The highest BCUT2D eigenvalue weighted by atomic mass is 16.1. The number of benzene rings is 1. The van der Waals surface area contributed by atoms with E-state index in [0.29, 0.717) is 0 Å². The van der Waals surface area contributed by atoms with Crippen LogP contribution in [0, 0.1) is 5.92 Å². The highest BCUT2D eigenvalue weighted by Gasteiger charge is 2.30. The van der Waals surface area contributed by atoms with E-state index in [9.17, 15) is 4.79 Å². The van der Waals surface area contributed by atoms with Crippen LogP contribution >= 0.6 is 0 Å². The topological polar surface area (TPSA) is 68.0 Å². The molecule has 2 unspecified atom stereocenters. The zero-order valence-corrected chi connectivity index (χ0v) is 10.7. The number of hydrogen-bond acceptors (Lipinski definition) is 3. The van der Waals surface area contributed by atoms with Gasteiger partial charge >= 0.3 is 0 Å². The standard InChI is InChI=1S/C15H17N3O/c16-13-5-1-4-12(13)15(19)18-11-6-7-14-10(9-11)3-2-8-17-14/h2-3,6-9,12-13H,1,4-5,16H2,(H,18,19). The summed E-state index contributed by atoms with van der Waals surface area (Å²) in [6.45, 7) is 0. The largest absolute Gasteiger partial charge is 0.327 e. The fourth-order valence-corrected chi connectivity index (χ4v) is 2.70. The van der Waals surface area contributed by atoms with Crippen molar-refractivity contribution in [2.75, 3.05) is 5.32 Å². The van der Waals surface area contributed by atoms with Gasteiger partial charge in [-0.3, -0.25) is 9.78 Å². The molecule has 0 radical (unpaired) electrons. The lowest BCUT2D eigenvalue weighted by atomic mass is 10.0. The first kappa shape index (κ1) is 12.1. The normalized spacial score (nSPS) is 22.6. The monoisotopic (exact) mass is 255 g/mol. The Kier molecular flexibility index (Phi) is 3.17. The number of carbonyl (C=O) groups excluding carboxylic acids is 1. The van der Waals surface area contributed by atoms with Crippen molar-refractivity contribution in [1.29, 1.82) is 0 Å². The molecule has 0 spiro atoms. The number of pyridine rings is 1. The number of anilines is 1. The van der Waals surface area contributed by atoms with E-state index in [1.165, 1.54) is 0 Å². The van der Waals surface area contributed by atoms with Crippen molar-refractivity contribution in [3.8, 4) is 0 Å². The number of nitrogens with two attached hydrogens (primary N) is 1. The molecule has 0 bridgehead atoms. The molecule has 3 rings (SSSR count). The minimum absolute atomic E-state index is 0.00197. The van der Waals surface area contributed by atoms with Crippen LogP contribution in [0.1, 0.15) is 19.3 Å². The van der Waals surface area contributed by atoms with Gasteiger partial charge in [0.1, 0.15) is 0 Å². The van der Waals surface area contributed by atoms with Gasteiger partial charge in [-0.15, -0.1) is 0 Å². The molecule has 1 amide bonds. The molecule has 3 N–H and O–H groups in total. The van der Waals surface area contributed by atoms with Gasteiger partial charge in [0.05, 0.1) is 11.4 Å². The van der Waals surface area contributed by atoms with Gasteiger partial charge in [0, 0.05) is 23.3 Å². The molecule has 1 aromatic carbocycles. The lowest BCUT2D eigenvalue weighted by Crippen LogP contribution is -2.34. The van der Waals surface area contributed by atoms with Gasteiger partial charge in [-0.05, 0) is 37.1 Å². The maximum Gasteiger partial charge on any atom is 0.229 e. The molecule has 1 aromatic heterocycles. The van der Waals surface area contributed by atoms with Crippen molar-refractivity contribution in [2.45, 2.75) is 25.3 Å². The maximum atomic E-state index is 12.2. The van der Waals surface area contributed by atoms with Gasteiger partial charge < -0.3 is 11.1 Å². The van der Waals surface area contributed by atoms with Crippen LogP contribution in [-0.2, 0) is 4.79 Å². The Hall–Kier alpha value is -1.94. The van der Waals surface area contributed by atoms with Crippen molar-refractivity contribution < 1.29 is 4.79 Å². The molecule has 1 saturated carbocycles. The number of aromatic nitrogens is 1. The van der Waals surface area contributed by atoms with Crippen LogP contribution in [0.2, 0.25) is 0 Å². The summed E-state index contributed by atoms with van der Waals surface area (Å²) in [5, 5.41) is 3.98. The quantitative estimate of drug-likeness (QED) is 0.865. The van der Waals surface area contributed by atoms with Gasteiger partial charge in [-0.1, -0.05) is 12.5 Å². The zero-order valence-electron chi connectivity index (χ0n) is 10.7. The van der Waals surface area contributed by atoms with Crippen molar-refractivity contribution in [1.82, 2.24) is 4.98 Å². The third-order valence-corrected chi connectivity index (χ3v) is 3.78. The van der Waals surface area contributed by atoms with E-state index in [-0.39, 0.29) is 17.9 Å². The van der Waals surface area contributed by atoms with E-state index in [2.05, 4.69) is 10.3 Å². The third kappa shape index (κ3) is 2.44. The van der Waals surface area contributed by atoms with Gasteiger partial charge in [0.25, 0.3) is 0 Å². The lowest BCUT2D eigenvalue weighted by Gasteiger charge is -2.15. The van der Waals surface area contributed by atoms with Crippen molar-refractivity contribution in [2.24, 2.45) is 11.7 Å². The van der Waals surface area contributed by atoms with Crippen LogP contribution in [0.4, 0.5) is 5.69 Å². The van der Waals surface area contributed by atoms with Crippen molar-refractivity contribution in [3.05, 3.63) is 36.5 Å². The smallest absolute Gasteiger partial charge is 0.229 e. The summed E-state index contributed by atoms with van der Waals surface area (Å²) < 4.78 is 0. The molecule has 2 atom stereocenters. The average molecular weight is 255 g/mol. The second-order valence-electron chi connectivity index (χ2n) is 5.10. The molecule has 1 heterocycles. The number of nitrogens with zero attached hydrogens (tertiary/aromatic N) is 1. The molecular weight excluding hydrogens is 238 g/mol. The first-order chi connectivity index (χ1) is 9.24. The molecule has 4 heteroatoms. The van der Waals surface area contributed by atoms with Crippen molar-refractivity contribution >= 4 is 22.5 Å². The highest BCUT2D eigenvalue weighted by molar-refractivity contribution is 5.95. The third-order valence-electron chi connectivity index (χ3n) is 3.78. The van der Waals surface area contributed by atoms with E-state index in [1.807, 2.05) is 30.3 Å². The van der Waals surface area contributed by atoms with E-state index < -0.39 is 0 Å². The van der Waals surface area contributed by atoms with Crippen LogP contribution < -0.4 is 11.1 Å². The fourth-order valence-electron chi connectivity index (χ4n) is 2.70. The van der Waals surface area contributed by atoms with Gasteiger partial charge in [0.15, 0.2) is 0 Å². The minimum Gasteiger partial charge on any atom is -0.327 e. The minimum atomic E-state index is -0.0513. The van der Waals surface area contributed by atoms with Gasteiger partial charge in [0.2, 0.25) is 5.91 Å². The number of rotatable bonds is 2. The number of hydrogen-bond donors (Lipinski definition) is 2. The summed E-state index contributed by atoms with van der Waals surface area (Å²) >= 11 is 0. The molecule has 1 aliphatic rings. The molecule has 98 valence electrons. The summed E-state index contributed by atoms with van der Waals surface area (Å²) in [6, 6.07) is 9.62. The predicted molar refractivity (Wildman–Crippen MR) is 75.7 cm³/mol. The molecule has 4 nitrogen and oxygen atoms in total. The maximum absolute atomic E-state index is 12.2. The van der Waals surface area contributed by atoms with Crippen LogP contribution in [-0.4, -0.2) is 16.9 Å². The molecular formula is C15H17N3O. The van der Waals surface area contributed by atoms with Crippen LogP contribution in [0.25, 0.3) is 10.9 Å². The van der Waals surface area contributed by atoms with Crippen LogP contribution in [0.15, 0.2) is 36.5 Å². The molecule has 2 aromatic rings. The zero-order chi connectivity index (χ0) is 13.2. The Bertz CT molecular complexity index is 611. The van der Waals surface area contributed by atoms with Crippen LogP contribution in [0.5, 0.6) is 0 Å². The van der Waals surface area contributed by atoms with E-state index in [4.69, 9.17) is 5.73 Å². The average Bonchev–Trinajstić information content (AvgIpc) is 2.85. The van der Waals surface area contributed by atoms with Gasteiger partial charge in [-0.25, -0.2) is 0 Å². The number of amides is 1. The summed E-state index contributed by atoms with van der Waals surface area (Å²) in [5.74, 6) is -0.0159. The first-order valence-corrected chi connectivity index (χ1v) is 6.65. The molecule has 0 aliphatic heterocycles. The van der Waals surface area contributed by atoms with Crippen molar-refractivity contribution in [3.63, 3.8) is 0 Å². The Morgan fingerprint density at radius 1 is 1.32 bits per heavy atom. The Labute approximate surface area is 112 Å². The highest BCUT2D eigenvalue weighted by Crippen LogP contribution is 2.26. The lowest BCUT2D eigenvalue weighted by molar-refractivity contribution is -0.120. The molecule has 19 heavy (non-hydrogen) atoms. The Morgan fingerprint density at radius 2 is 2.21 bits per heavy atom. The Morgan fingerprint density at radius 3 is 3.00 bits per heavy atom. The fraction of sp³-hybridized carbons (Fsp3) is 0.333. The second kappa shape index (κ2) is 4.97. The summed E-state index contributed by atoms with van der Waals surface area (Å²) in [7, 11) is 0. The number of carbonyl (C=O) groups is 1. The Balaban J connectivity index is 1.79. The van der Waals surface area contributed by atoms with E-state index >= 15 is 0 Å². The summed E-state index contributed by atoms with van der Waals surface area (Å²) in [5.41, 5.74) is 7.69. The van der Waals surface area contributed by atoms with Crippen LogP contribution in [0.3, 0.4) is 0 Å². The predicted octanol–water partition coefficient (Wildman–Crippen LogP) is 2.30. The summed E-state index contributed by atoms with van der Waals surface area (Å²) in [4.78, 5) is 16.4. The number of nitrogens with one attached hydrogen (secondary N) is 1. The molecule has 0 saturated heterocycles.